The van der Waals surface area contributed by atoms with Crippen LogP contribution in [0.3, 0.4) is 0 Å². The number of aliphatic hydroxyl groups is 1. The number of amides is 1. The molecule has 0 aliphatic carbocycles. The van der Waals surface area contributed by atoms with Crippen molar-refractivity contribution in [3.05, 3.63) is 35.9 Å². The summed E-state index contributed by atoms with van der Waals surface area (Å²) in [5.74, 6) is 0. The van der Waals surface area contributed by atoms with Gasteiger partial charge in [0.25, 0.3) is 0 Å². The highest BCUT2D eigenvalue weighted by Gasteiger charge is 2.39. The third-order valence-electron chi connectivity index (χ3n) is 3.59. The third-order valence-corrected chi connectivity index (χ3v) is 3.59. The summed E-state index contributed by atoms with van der Waals surface area (Å²) in [6.07, 6.45) is 0.477. The van der Waals surface area contributed by atoms with Crippen molar-refractivity contribution in [1.82, 2.24) is 5.32 Å². The van der Waals surface area contributed by atoms with Crippen molar-refractivity contribution in [1.29, 1.82) is 0 Å². The Morgan fingerprint density at radius 2 is 2.10 bits per heavy atom. The van der Waals surface area contributed by atoms with E-state index in [1.165, 1.54) is 0 Å². The van der Waals surface area contributed by atoms with Crippen molar-refractivity contribution in [3.8, 4) is 0 Å². The van der Waals surface area contributed by atoms with Gasteiger partial charge in [-0.1, -0.05) is 30.3 Å². The minimum absolute atomic E-state index is 0.174. The van der Waals surface area contributed by atoms with E-state index in [1.807, 2.05) is 44.2 Å². The number of ether oxygens (including phenoxy) is 2. The van der Waals surface area contributed by atoms with E-state index in [-0.39, 0.29) is 18.8 Å². The summed E-state index contributed by atoms with van der Waals surface area (Å²) in [5.41, 5.74) is -0.380. The molecule has 1 atom stereocenters. The number of carbonyl (C=O) groups is 1. The van der Waals surface area contributed by atoms with Crippen LogP contribution in [0.2, 0.25) is 0 Å². The van der Waals surface area contributed by atoms with Gasteiger partial charge in [0.1, 0.15) is 6.61 Å². The highest BCUT2D eigenvalue weighted by Crippen LogP contribution is 2.31. The summed E-state index contributed by atoms with van der Waals surface area (Å²) >= 11 is 0. The standard InChI is InChI=1S/C16H23NO4/c1-15(2)11-16(19,8-9-21-15)12-17-14(18)20-10-13-6-4-3-5-7-13/h3-7,19H,8-12H2,1-2H3,(H,17,18). The molecule has 1 unspecified atom stereocenters. The molecular weight excluding hydrogens is 270 g/mol. The molecule has 1 aromatic rings. The zero-order valence-corrected chi connectivity index (χ0v) is 12.6. The Balaban J connectivity index is 1.76. The normalized spacial score (nSPS) is 24.3. The van der Waals surface area contributed by atoms with Crippen molar-refractivity contribution < 1.29 is 19.4 Å². The topological polar surface area (TPSA) is 67.8 Å². The molecule has 116 valence electrons. The van der Waals surface area contributed by atoms with Gasteiger partial charge in [0.15, 0.2) is 0 Å². The van der Waals surface area contributed by atoms with E-state index < -0.39 is 11.7 Å². The second-order valence-electron chi connectivity index (χ2n) is 6.17. The van der Waals surface area contributed by atoms with Crippen LogP contribution in [0, 0.1) is 0 Å². The van der Waals surface area contributed by atoms with Gasteiger partial charge in [0.2, 0.25) is 0 Å². The van der Waals surface area contributed by atoms with Crippen LogP contribution in [-0.4, -0.2) is 35.6 Å². The average molecular weight is 293 g/mol. The molecule has 1 amide bonds. The average Bonchev–Trinajstić information content (AvgIpc) is 2.43. The SMILES string of the molecule is CC1(C)CC(O)(CNC(=O)OCc2ccccc2)CCO1. The molecule has 0 bridgehead atoms. The molecule has 0 radical (unpaired) electrons. The molecule has 5 heteroatoms. The van der Waals surface area contributed by atoms with Crippen molar-refractivity contribution in [2.75, 3.05) is 13.2 Å². The van der Waals surface area contributed by atoms with Crippen LogP contribution >= 0.6 is 0 Å². The number of benzene rings is 1. The summed E-state index contributed by atoms with van der Waals surface area (Å²) in [6, 6.07) is 9.47. The van der Waals surface area contributed by atoms with E-state index >= 15 is 0 Å². The van der Waals surface area contributed by atoms with Crippen LogP contribution < -0.4 is 5.32 Å². The summed E-state index contributed by atoms with van der Waals surface area (Å²) in [6.45, 7) is 4.76. The Kier molecular flexibility index (Phi) is 4.85. The fourth-order valence-electron chi connectivity index (χ4n) is 2.61. The lowest BCUT2D eigenvalue weighted by atomic mass is 9.84. The fraction of sp³-hybridized carbons (Fsp3) is 0.562. The maximum Gasteiger partial charge on any atom is 0.407 e. The molecule has 5 nitrogen and oxygen atoms in total. The Morgan fingerprint density at radius 1 is 1.38 bits per heavy atom. The van der Waals surface area contributed by atoms with Gasteiger partial charge in [-0.25, -0.2) is 4.79 Å². The molecule has 1 aliphatic rings. The van der Waals surface area contributed by atoms with Gasteiger partial charge in [-0.05, 0) is 19.4 Å². The van der Waals surface area contributed by atoms with Crippen LogP contribution in [0.15, 0.2) is 30.3 Å². The highest BCUT2D eigenvalue weighted by atomic mass is 16.5. The number of nitrogens with one attached hydrogen (secondary N) is 1. The summed E-state index contributed by atoms with van der Waals surface area (Å²) in [5, 5.41) is 13.1. The van der Waals surface area contributed by atoms with Crippen LogP contribution in [-0.2, 0) is 16.1 Å². The smallest absolute Gasteiger partial charge is 0.407 e. The van der Waals surface area contributed by atoms with Gasteiger partial charge >= 0.3 is 6.09 Å². The molecule has 2 N–H and O–H groups in total. The van der Waals surface area contributed by atoms with E-state index in [0.717, 1.165) is 5.56 Å². The number of hydrogen-bond acceptors (Lipinski definition) is 4. The molecule has 0 spiro atoms. The molecule has 1 fully saturated rings. The van der Waals surface area contributed by atoms with Gasteiger partial charge < -0.3 is 19.9 Å². The highest BCUT2D eigenvalue weighted by molar-refractivity contribution is 5.67. The Morgan fingerprint density at radius 3 is 2.76 bits per heavy atom. The van der Waals surface area contributed by atoms with Gasteiger partial charge in [0.05, 0.1) is 17.8 Å². The maximum atomic E-state index is 11.7. The molecule has 1 aliphatic heterocycles. The van der Waals surface area contributed by atoms with E-state index in [1.54, 1.807) is 0 Å². The van der Waals surface area contributed by atoms with Crippen molar-refractivity contribution >= 4 is 6.09 Å². The first kappa shape index (κ1) is 15.8. The Hall–Kier alpha value is -1.59. The van der Waals surface area contributed by atoms with Gasteiger partial charge in [-0.3, -0.25) is 0 Å². The molecule has 21 heavy (non-hydrogen) atoms. The van der Waals surface area contributed by atoms with Gasteiger partial charge in [-0.15, -0.1) is 0 Å². The van der Waals surface area contributed by atoms with E-state index in [4.69, 9.17) is 9.47 Å². The third kappa shape index (κ3) is 5.02. The van der Waals surface area contributed by atoms with E-state index in [9.17, 15) is 9.90 Å². The molecule has 1 saturated heterocycles. The lowest BCUT2D eigenvalue weighted by Crippen LogP contribution is -2.52. The second kappa shape index (κ2) is 6.45. The molecular formula is C16H23NO4. The first-order valence-corrected chi connectivity index (χ1v) is 7.20. The minimum atomic E-state index is -0.937. The predicted molar refractivity (Wildman–Crippen MR) is 78.8 cm³/mol. The molecule has 1 heterocycles. The number of rotatable bonds is 4. The van der Waals surface area contributed by atoms with Gasteiger partial charge in [-0.2, -0.15) is 0 Å². The van der Waals surface area contributed by atoms with Gasteiger partial charge in [0, 0.05) is 19.4 Å². The number of alkyl carbamates (subject to hydrolysis) is 1. The van der Waals surface area contributed by atoms with Crippen LogP contribution in [0.4, 0.5) is 4.79 Å². The minimum Gasteiger partial charge on any atom is -0.445 e. The Bertz CT molecular complexity index is 474. The summed E-state index contributed by atoms with van der Waals surface area (Å²) < 4.78 is 10.7. The zero-order valence-electron chi connectivity index (χ0n) is 12.6. The van der Waals surface area contributed by atoms with Crippen molar-refractivity contribution in [3.63, 3.8) is 0 Å². The van der Waals surface area contributed by atoms with Crippen LogP contribution in [0.1, 0.15) is 32.3 Å². The number of hydrogen-bond donors (Lipinski definition) is 2. The fourth-order valence-corrected chi connectivity index (χ4v) is 2.61. The second-order valence-corrected chi connectivity index (χ2v) is 6.17. The van der Waals surface area contributed by atoms with Crippen LogP contribution in [0.5, 0.6) is 0 Å². The monoisotopic (exact) mass is 293 g/mol. The maximum absolute atomic E-state index is 11.7. The van der Waals surface area contributed by atoms with Crippen molar-refractivity contribution in [2.45, 2.75) is 44.5 Å². The van der Waals surface area contributed by atoms with E-state index in [0.29, 0.717) is 19.4 Å². The Labute approximate surface area is 125 Å². The van der Waals surface area contributed by atoms with Crippen LogP contribution in [0.25, 0.3) is 0 Å². The molecule has 1 aromatic carbocycles. The number of carbonyl (C=O) groups excluding carboxylic acids is 1. The van der Waals surface area contributed by atoms with Crippen molar-refractivity contribution in [2.24, 2.45) is 0 Å². The summed E-state index contributed by atoms with van der Waals surface area (Å²) in [4.78, 5) is 11.7. The quantitative estimate of drug-likeness (QED) is 0.893. The molecule has 2 rings (SSSR count). The lowest BCUT2D eigenvalue weighted by Gasteiger charge is -2.41. The largest absolute Gasteiger partial charge is 0.445 e. The summed E-state index contributed by atoms with van der Waals surface area (Å²) in [7, 11) is 0. The first-order valence-electron chi connectivity index (χ1n) is 7.20. The first-order chi connectivity index (χ1) is 9.89. The van der Waals surface area contributed by atoms with E-state index in [2.05, 4.69) is 5.32 Å². The zero-order chi connectivity index (χ0) is 15.3. The lowest BCUT2D eigenvalue weighted by molar-refractivity contribution is -0.141. The molecule has 0 saturated carbocycles. The molecule has 0 aromatic heterocycles. The predicted octanol–water partition coefficient (Wildman–Crippen LogP) is 2.23.